The second kappa shape index (κ2) is 5.61. The van der Waals surface area contributed by atoms with Gasteiger partial charge in [0.2, 0.25) is 5.82 Å². The van der Waals surface area contributed by atoms with E-state index in [-0.39, 0.29) is 0 Å². The molecule has 23 heavy (non-hydrogen) atoms. The standard InChI is InChI=1S/C18H15N5/c1-2-13-8-9-19-16(10-13)17-21-18-20-11-15(12-23(18)22-17)14-6-4-3-5-7-14/h3-12H,2H2,1H3. The number of hydrogen-bond acceptors (Lipinski definition) is 4. The van der Waals surface area contributed by atoms with Crippen molar-refractivity contribution in [3.63, 3.8) is 0 Å². The number of aromatic nitrogens is 5. The first-order valence-electron chi connectivity index (χ1n) is 7.56. The van der Waals surface area contributed by atoms with Crippen LogP contribution in [0.3, 0.4) is 0 Å². The molecule has 0 aliphatic heterocycles. The van der Waals surface area contributed by atoms with Gasteiger partial charge in [0.1, 0.15) is 5.69 Å². The van der Waals surface area contributed by atoms with Crippen molar-refractivity contribution in [2.45, 2.75) is 13.3 Å². The number of pyridine rings is 1. The number of hydrogen-bond donors (Lipinski definition) is 0. The fourth-order valence-corrected chi connectivity index (χ4v) is 2.49. The summed E-state index contributed by atoms with van der Waals surface area (Å²) in [5, 5.41) is 4.53. The van der Waals surface area contributed by atoms with Crippen molar-refractivity contribution in [1.82, 2.24) is 24.6 Å². The van der Waals surface area contributed by atoms with E-state index in [4.69, 9.17) is 0 Å². The molecule has 0 spiro atoms. The average Bonchev–Trinajstić information content (AvgIpc) is 3.06. The number of fused-ring (bicyclic) bond motifs is 1. The SMILES string of the molecule is CCc1ccnc(-c2nc3ncc(-c4ccccc4)cn3n2)c1. The second-order valence-electron chi connectivity index (χ2n) is 5.29. The van der Waals surface area contributed by atoms with Gasteiger partial charge in [-0.1, -0.05) is 37.3 Å². The molecule has 0 N–H and O–H groups in total. The number of benzene rings is 1. The molecule has 0 unspecified atom stereocenters. The fraction of sp³-hybridized carbons (Fsp3) is 0.111. The molecule has 0 fully saturated rings. The Bertz CT molecular complexity index is 959. The van der Waals surface area contributed by atoms with Crippen LogP contribution in [0.2, 0.25) is 0 Å². The van der Waals surface area contributed by atoms with Crippen LogP contribution < -0.4 is 0 Å². The zero-order chi connectivity index (χ0) is 15.6. The van der Waals surface area contributed by atoms with Crippen LogP contribution in [0.1, 0.15) is 12.5 Å². The Balaban J connectivity index is 1.79. The van der Waals surface area contributed by atoms with E-state index in [9.17, 15) is 0 Å². The number of rotatable bonds is 3. The first kappa shape index (κ1) is 13.6. The van der Waals surface area contributed by atoms with Crippen LogP contribution >= 0.6 is 0 Å². The molecule has 0 saturated heterocycles. The molecule has 0 amide bonds. The van der Waals surface area contributed by atoms with Crippen LogP contribution in [0.15, 0.2) is 61.1 Å². The average molecular weight is 301 g/mol. The van der Waals surface area contributed by atoms with Crippen LogP contribution in [0.5, 0.6) is 0 Å². The van der Waals surface area contributed by atoms with Gasteiger partial charge in [-0.05, 0) is 29.7 Å². The summed E-state index contributed by atoms with van der Waals surface area (Å²) in [5.41, 5.74) is 4.10. The van der Waals surface area contributed by atoms with E-state index in [1.54, 1.807) is 10.7 Å². The zero-order valence-electron chi connectivity index (χ0n) is 12.7. The van der Waals surface area contributed by atoms with Gasteiger partial charge < -0.3 is 0 Å². The molecule has 1 aromatic carbocycles. The molecule has 0 saturated carbocycles. The van der Waals surface area contributed by atoms with Gasteiger partial charge in [0.15, 0.2) is 0 Å². The molecule has 5 nitrogen and oxygen atoms in total. The first-order valence-corrected chi connectivity index (χ1v) is 7.56. The first-order chi connectivity index (χ1) is 11.3. The highest BCUT2D eigenvalue weighted by Crippen LogP contribution is 2.19. The van der Waals surface area contributed by atoms with Gasteiger partial charge in [-0.2, -0.15) is 4.98 Å². The van der Waals surface area contributed by atoms with Crippen molar-refractivity contribution < 1.29 is 0 Å². The topological polar surface area (TPSA) is 56.0 Å². The van der Waals surface area contributed by atoms with Crippen molar-refractivity contribution in [2.75, 3.05) is 0 Å². The summed E-state index contributed by atoms with van der Waals surface area (Å²) in [6, 6.07) is 14.1. The van der Waals surface area contributed by atoms with Crippen molar-refractivity contribution in [3.8, 4) is 22.6 Å². The van der Waals surface area contributed by atoms with E-state index in [1.807, 2.05) is 54.9 Å². The molecule has 0 aliphatic carbocycles. The number of aryl methyl sites for hydroxylation is 1. The predicted octanol–water partition coefficient (Wildman–Crippen LogP) is 3.42. The minimum atomic E-state index is 0.573. The maximum Gasteiger partial charge on any atom is 0.252 e. The predicted molar refractivity (Wildman–Crippen MR) is 88.8 cm³/mol. The van der Waals surface area contributed by atoms with Crippen molar-refractivity contribution in [1.29, 1.82) is 0 Å². The Labute approximate surface area is 133 Å². The van der Waals surface area contributed by atoms with Gasteiger partial charge in [-0.15, -0.1) is 5.10 Å². The third kappa shape index (κ3) is 2.57. The lowest BCUT2D eigenvalue weighted by Crippen LogP contribution is -1.92. The van der Waals surface area contributed by atoms with Crippen LogP contribution in [0.4, 0.5) is 0 Å². The molecule has 3 heterocycles. The Kier molecular flexibility index (Phi) is 3.31. The maximum atomic E-state index is 4.53. The van der Waals surface area contributed by atoms with Gasteiger partial charge in [0.05, 0.1) is 0 Å². The Morgan fingerprint density at radius 2 is 1.87 bits per heavy atom. The molecule has 112 valence electrons. The largest absolute Gasteiger partial charge is 0.253 e. The van der Waals surface area contributed by atoms with E-state index in [1.165, 1.54) is 5.56 Å². The Morgan fingerprint density at radius 1 is 1.00 bits per heavy atom. The molecule has 4 rings (SSSR count). The van der Waals surface area contributed by atoms with E-state index >= 15 is 0 Å². The molecular weight excluding hydrogens is 286 g/mol. The van der Waals surface area contributed by atoms with Gasteiger partial charge in [0, 0.05) is 24.2 Å². The minimum Gasteiger partial charge on any atom is -0.253 e. The van der Waals surface area contributed by atoms with Crippen LogP contribution in [-0.4, -0.2) is 24.6 Å². The van der Waals surface area contributed by atoms with E-state index in [0.29, 0.717) is 11.6 Å². The Morgan fingerprint density at radius 3 is 2.70 bits per heavy atom. The van der Waals surface area contributed by atoms with E-state index in [2.05, 4.69) is 27.0 Å². The lowest BCUT2D eigenvalue weighted by Gasteiger charge is -2.00. The highest BCUT2D eigenvalue weighted by atomic mass is 15.3. The summed E-state index contributed by atoms with van der Waals surface area (Å²) in [4.78, 5) is 13.2. The van der Waals surface area contributed by atoms with Crippen LogP contribution in [0.25, 0.3) is 28.4 Å². The smallest absolute Gasteiger partial charge is 0.252 e. The quantitative estimate of drug-likeness (QED) is 0.582. The molecule has 0 aliphatic rings. The van der Waals surface area contributed by atoms with Crippen molar-refractivity contribution in [2.24, 2.45) is 0 Å². The molecule has 4 aromatic rings. The molecule has 0 atom stereocenters. The van der Waals surface area contributed by atoms with Crippen LogP contribution in [0, 0.1) is 0 Å². The Hall–Kier alpha value is -3.08. The summed E-state index contributed by atoms with van der Waals surface area (Å²) in [6.07, 6.45) is 6.51. The summed E-state index contributed by atoms with van der Waals surface area (Å²) >= 11 is 0. The monoisotopic (exact) mass is 301 g/mol. The molecule has 0 bridgehead atoms. The third-order valence-corrected chi connectivity index (χ3v) is 3.76. The summed E-state index contributed by atoms with van der Waals surface area (Å²) in [6.45, 7) is 2.11. The second-order valence-corrected chi connectivity index (χ2v) is 5.29. The fourth-order valence-electron chi connectivity index (χ4n) is 2.49. The summed E-state index contributed by atoms with van der Waals surface area (Å²) < 4.78 is 1.71. The highest BCUT2D eigenvalue weighted by Gasteiger charge is 2.10. The normalized spacial score (nSPS) is 11.0. The summed E-state index contributed by atoms with van der Waals surface area (Å²) in [7, 11) is 0. The van der Waals surface area contributed by atoms with Gasteiger partial charge in [0.25, 0.3) is 5.78 Å². The maximum absolute atomic E-state index is 4.53. The van der Waals surface area contributed by atoms with E-state index < -0.39 is 0 Å². The number of nitrogens with zero attached hydrogens (tertiary/aromatic N) is 5. The molecule has 3 aromatic heterocycles. The molecule has 0 radical (unpaired) electrons. The lowest BCUT2D eigenvalue weighted by atomic mass is 10.1. The van der Waals surface area contributed by atoms with E-state index in [0.717, 1.165) is 23.2 Å². The van der Waals surface area contributed by atoms with Crippen molar-refractivity contribution >= 4 is 5.78 Å². The molecular formula is C18H15N5. The van der Waals surface area contributed by atoms with Gasteiger partial charge in [-0.25, -0.2) is 9.50 Å². The zero-order valence-corrected chi connectivity index (χ0v) is 12.7. The third-order valence-electron chi connectivity index (χ3n) is 3.76. The minimum absolute atomic E-state index is 0.573. The summed E-state index contributed by atoms with van der Waals surface area (Å²) in [5.74, 6) is 1.17. The lowest BCUT2D eigenvalue weighted by molar-refractivity contribution is 0.941. The van der Waals surface area contributed by atoms with Gasteiger partial charge >= 0.3 is 0 Å². The highest BCUT2D eigenvalue weighted by molar-refractivity contribution is 5.62. The van der Waals surface area contributed by atoms with Crippen LogP contribution in [-0.2, 0) is 6.42 Å². The van der Waals surface area contributed by atoms with Gasteiger partial charge in [-0.3, -0.25) is 4.98 Å². The van der Waals surface area contributed by atoms with Crippen molar-refractivity contribution in [3.05, 3.63) is 66.6 Å². The molecule has 5 heteroatoms.